The van der Waals surface area contributed by atoms with Crippen molar-refractivity contribution >= 4 is 5.91 Å². The van der Waals surface area contributed by atoms with Crippen molar-refractivity contribution in [2.45, 2.75) is 32.2 Å². The van der Waals surface area contributed by atoms with Gasteiger partial charge in [0.25, 0.3) is 5.91 Å². The summed E-state index contributed by atoms with van der Waals surface area (Å²) in [5.74, 6) is 1.95. The molecular formula is C21H28N2O4. The van der Waals surface area contributed by atoms with Crippen LogP contribution >= 0.6 is 0 Å². The van der Waals surface area contributed by atoms with Gasteiger partial charge in [0.05, 0.1) is 26.0 Å². The van der Waals surface area contributed by atoms with Crippen LogP contribution in [0.15, 0.2) is 41.0 Å². The number of amides is 1. The minimum absolute atomic E-state index is 0.0499. The zero-order valence-corrected chi connectivity index (χ0v) is 16.1. The molecule has 6 nitrogen and oxygen atoms in total. The fourth-order valence-corrected chi connectivity index (χ4v) is 3.50. The van der Waals surface area contributed by atoms with E-state index in [2.05, 4.69) is 10.2 Å². The number of carbonyl (C=O) groups excluding carboxylic acids is 1. The average Bonchev–Trinajstić information content (AvgIpc) is 3.23. The van der Waals surface area contributed by atoms with Gasteiger partial charge in [-0.3, -0.25) is 9.69 Å². The summed E-state index contributed by atoms with van der Waals surface area (Å²) in [6, 6.07) is 9.15. The van der Waals surface area contributed by atoms with E-state index in [9.17, 15) is 4.79 Å². The Hall–Kier alpha value is -2.47. The van der Waals surface area contributed by atoms with Gasteiger partial charge >= 0.3 is 0 Å². The molecule has 2 aromatic rings. The van der Waals surface area contributed by atoms with Gasteiger partial charge in [-0.2, -0.15) is 0 Å². The van der Waals surface area contributed by atoms with Gasteiger partial charge in [0, 0.05) is 12.1 Å². The molecule has 0 spiro atoms. The molecule has 1 aromatic carbocycles. The van der Waals surface area contributed by atoms with Crippen molar-refractivity contribution in [2.24, 2.45) is 0 Å². The molecule has 27 heavy (non-hydrogen) atoms. The van der Waals surface area contributed by atoms with Gasteiger partial charge in [0.15, 0.2) is 11.5 Å². The molecule has 1 amide bonds. The third-order valence-electron chi connectivity index (χ3n) is 4.88. The Balaban J connectivity index is 1.69. The molecule has 1 atom stereocenters. The molecule has 1 fully saturated rings. The van der Waals surface area contributed by atoms with Crippen LogP contribution < -0.4 is 14.8 Å². The summed E-state index contributed by atoms with van der Waals surface area (Å²) in [6.45, 7) is 4.97. The summed E-state index contributed by atoms with van der Waals surface area (Å²) in [7, 11) is 1.59. The maximum atomic E-state index is 12.7. The molecule has 0 saturated carbocycles. The Kier molecular flexibility index (Phi) is 6.76. The Morgan fingerprint density at radius 2 is 2.04 bits per heavy atom. The monoisotopic (exact) mass is 372 g/mol. The zero-order chi connectivity index (χ0) is 19.1. The first-order valence-corrected chi connectivity index (χ1v) is 9.59. The van der Waals surface area contributed by atoms with Crippen molar-refractivity contribution in [3.63, 3.8) is 0 Å². The fraction of sp³-hybridized carbons (Fsp3) is 0.476. The third kappa shape index (κ3) is 4.83. The van der Waals surface area contributed by atoms with Crippen molar-refractivity contribution in [1.29, 1.82) is 0 Å². The number of nitrogens with one attached hydrogen (secondary N) is 1. The molecule has 6 heteroatoms. The van der Waals surface area contributed by atoms with Crippen molar-refractivity contribution in [3.8, 4) is 11.5 Å². The molecule has 1 saturated heterocycles. The molecule has 0 bridgehead atoms. The van der Waals surface area contributed by atoms with Gasteiger partial charge in [-0.05, 0) is 63.2 Å². The Morgan fingerprint density at radius 1 is 1.22 bits per heavy atom. The summed E-state index contributed by atoms with van der Waals surface area (Å²) in [5, 5.41) is 3.05. The Labute approximate surface area is 160 Å². The van der Waals surface area contributed by atoms with Crippen LogP contribution in [0, 0.1) is 0 Å². The van der Waals surface area contributed by atoms with Crippen LogP contribution in [0.2, 0.25) is 0 Å². The summed E-state index contributed by atoms with van der Waals surface area (Å²) in [5.41, 5.74) is 0.552. The third-order valence-corrected chi connectivity index (χ3v) is 4.88. The number of rotatable bonds is 8. The molecule has 1 N–H and O–H groups in total. The van der Waals surface area contributed by atoms with Crippen LogP contribution in [0.25, 0.3) is 0 Å². The summed E-state index contributed by atoms with van der Waals surface area (Å²) in [6.07, 6.45) is 5.31. The maximum Gasteiger partial charge on any atom is 0.251 e. The highest BCUT2D eigenvalue weighted by atomic mass is 16.5. The van der Waals surface area contributed by atoms with Crippen molar-refractivity contribution < 1.29 is 18.7 Å². The standard InChI is InChI=1S/C21H28N2O4/c1-3-26-20-14-16(9-10-19(20)25-2)21(24)22-15-17(18-8-7-13-27-18)23-11-5-4-6-12-23/h7-10,13-14,17H,3-6,11-12,15H2,1-2H3,(H,22,24). The van der Waals surface area contributed by atoms with Crippen LogP contribution in [-0.4, -0.2) is 44.2 Å². The smallest absolute Gasteiger partial charge is 0.251 e. The molecular weight excluding hydrogens is 344 g/mol. The van der Waals surface area contributed by atoms with Gasteiger partial charge in [-0.15, -0.1) is 0 Å². The molecule has 146 valence electrons. The predicted molar refractivity (Wildman–Crippen MR) is 103 cm³/mol. The first-order chi connectivity index (χ1) is 13.2. The molecule has 0 aliphatic carbocycles. The van der Waals surface area contributed by atoms with E-state index >= 15 is 0 Å². The molecule has 1 aromatic heterocycles. The maximum absolute atomic E-state index is 12.7. The lowest BCUT2D eigenvalue weighted by atomic mass is 10.1. The summed E-state index contributed by atoms with van der Waals surface area (Å²) < 4.78 is 16.5. The van der Waals surface area contributed by atoms with Crippen molar-refractivity contribution in [3.05, 3.63) is 47.9 Å². The highest BCUT2D eigenvalue weighted by Gasteiger charge is 2.25. The van der Waals surface area contributed by atoms with E-state index in [1.165, 1.54) is 19.3 Å². The lowest BCUT2D eigenvalue weighted by molar-refractivity contribution is 0.0913. The topological polar surface area (TPSA) is 63.9 Å². The second kappa shape index (κ2) is 9.46. The first-order valence-electron chi connectivity index (χ1n) is 9.59. The predicted octanol–water partition coefficient (Wildman–Crippen LogP) is 3.64. The molecule has 1 aliphatic rings. The minimum atomic E-state index is -0.132. The highest BCUT2D eigenvalue weighted by molar-refractivity contribution is 5.94. The number of carbonyl (C=O) groups is 1. The molecule has 1 unspecified atom stereocenters. The number of benzene rings is 1. The van der Waals surface area contributed by atoms with E-state index in [1.54, 1.807) is 31.6 Å². The second-order valence-corrected chi connectivity index (χ2v) is 6.64. The number of methoxy groups -OCH3 is 1. The highest BCUT2D eigenvalue weighted by Crippen LogP contribution is 2.28. The zero-order valence-electron chi connectivity index (χ0n) is 16.1. The Bertz CT molecular complexity index is 724. The van der Waals surface area contributed by atoms with Gasteiger partial charge < -0.3 is 19.2 Å². The lowest BCUT2D eigenvalue weighted by Gasteiger charge is -2.33. The van der Waals surface area contributed by atoms with Crippen LogP contribution in [-0.2, 0) is 0 Å². The fourth-order valence-electron chi connectivity index (χ4n) is 3.50. The van der Waals surface area contributed by atoms with Crippen LogP contribution in [0.1, 0.15) is 48.3 Å². The van der Waals surface area contributed by atoms with E-state index in [0.717, 1.165) is 18.8 Å². The quantitative estimate of drug-likeness (QED) is 0.766. The van der Waals surface area contributed by atoms with Crippen molar-refractivity contribution in [2.75, 3.05) is 33.4 Å². The molecule has 3 rings (SSSR count). The van der Waals surface area contributed by atoms with Crippen molar-refractivity contribution in [1.82, 2.24) is 10.2 Å². The normalized spacial score (nSPS) is 15.9. The van der Waals surface area contributed by atoms with E-state index in [0.29, 0.717) is 30.2 Å². The van der Waals surface area contributed by atoms with E-state index in [4.69, 9.17) is 13.9 Å². The molecule has 2 heterocycles. The number of hydrogen-bond acceptors (Lipinski definition) is 5. The van der Waals surface area contributed by atoms with Gasteiger partial charge in [0.1, 0.15) is 5.76 Å². The first kappa shape index (κ1) is 19.3. The lowest BCUT2D eigenvalue weighted by Crippen LogP contribution is -2.40. The molecule has 1 aliphatic heterocycles. The van der Waals surface area contributed by atoms with E-state index < -0.39 is 0 Å². The van der Waals surface area contributed by atoms with Crippen LogP contribution in [0.3, 0.4) is 0 Å². The number of furan rings is 1. The van der Waals surface area contributed by atoms with Crippen LogP contribution in [0.5, 0.6) is 11.5 Å². The largest absolute Gasteiger partial charge is 0.493 e. The Morgan fingerprint density at radius 3 is 2.70 bits per heavy atom. The summed E-state index contributed by atoms with van der Waals surface area (Å²) in [4.78, 5) is 15.1. The number of likely N-dealkylation sites (tertiary alicyclic amines) is 1. The average molecular weight is 372 g/mol. The van der Waals surface area contributed by atoms with Crippen LogP contribution in [0.4, 0.5) is 0 Å². The van der Waals surface area contributed by atoms with Gasteiger partial charge in [0.2, 0.25) is 0 Å². The molecule has 0 radical (unpaired) electrons. The van der Waals surface area contributed by atoms with Gasteiger partial charge in [-0.1, -0.05) is 6.42 Å². The number of hydrogen-bond donors (Lipinski definition) is 1. The summed E-state index contributed by atoms with van der Waals surface area (Å²) >= 11 is 0. The number of piperidine rings is 1. The number of ether oxygens (including phenoxy) is 2. The SMILES string of the molecule is CCOc1cc(C(=O)NCC(c2ccco2)N2CCCCC2)ccc1OC. The van der Waals surface area contributed by atoms with E-state index in [-0.39, 0.29) is 11.9 Å². The minimum Gasteiger partial charge on any atom is -0.493 e. The van der Waals surface area contributed by atoms with E-state index in [1.807, 2.05) is 19.1 Å². The second-order valence-electron chi connectivity index (χ2n) is 6.64. The number of nitrogens with zero attached hydrogens (tertiary/aromatic N) is 1. The van der Waals surface area contributed by atoms with Gasteiger partial charge in [-0.25, -0.2) is 0 Å².